The first-order chi connectivity index (χ1) is 29.4. The minimum absolute atomic E-state index is 0.0587. The van der Waals surface area contributed by atoms with Gasteiger partial charge in [0.2, 0.25) is 0 Å². The van der Waals surface area contributed by atoms with Crippen molar-refractivity contribution in [2.24, 2.45) is 5.41 Å². The van der Waals surface area contributed by atoms with E-state index in [4.69, 9.17) is 28.4 Å². The number of cyclic esters (lactones) is 2. The van der Waals surface area contributed by atoms with E-state index in [-0.39, 0.29) is 18.8 Å². The number of rotatable bonds is 14. The van der Waals surface area contributed by atoms with Crippen molar-refractivity contribution in [1.29, 1.82) is 0 Å². The Morgan fingerprint density at radius 1 is 0.774 bits per heavy atom. The summed E-state index contributed by atoms with van der Waals surface area (Å²) in [6.07, 6.45) is -4.97. The van der Waals surface area contributed by atoms with Crippen molar-refractivity contribution in [1.82, 2.24) is 20.0 Å². The van der Waals surface area contributed by atoms with E-state index in [2.05, 4.69) is 5.32 Å². The predicted molar refractivity (Wildman–Crippen MR) is 219 cm³/mol. The van der Waals surface area contributed by atoms with Gasteiger partial charge in [-0.3, -0.25) is 33.8 Å². The van der Waals surface area contributed by atoms with Crippen molar-refractivity contribution >= 4 is 47.8 Å². The Labute approximate surface area is 359 Å². The molecule has 18 heteroatoms. The Hall–Kier alpha value is -6.82. The Morgan fingerprint density at radius 3 is 1.87 bits per heavy atom. The molecular weight excluding hydrogens is 808 g/mol. The molecule has 0 aromatic heterocycles. The number of carbonyl (C=O) groups excluding carboxylic acids is 8. The zero-order chi connectivity index (χ0) is 45.3. The second-order valence-electron chi connectivity index (χ2n) is 15.6. The zero-order valence-electron chi connectivity index (χ0n) is 35.4. The van der Waals surface area contributed by atoms with Crippen LogP contribution in [0.4, 0.5) is 14.4 Å². The summed E-state index contributed by atoms with van der Waals surface area (Å²) < 4.78 is 32.8. The largest absolute Gasteiger partial charge is 0.464 e. The molecule has 4 rings (SSSR count). The van der Waals surface area contributed by atoms with Crippen LogP contribution in [0.3, 0.4) is 0 Å². The number of hydrogen-bond donors (Lipinski definition) is 1. The van der Waals surface area contributed by atoms with Crippen LogP contribution >= 0.6 is 0 Å². The molecule has 62 heavy (non-hydrogen) atoms. The molecule has 1 saturated heterocycles. The molecule has 1 heterocycles. The lowest BCUT2D eigenvalue weighted by atomic mass is 9.85. The van der Waals surface area contributed by atoms with Crippen LogP contribution in [-0.2, 0) is 60.8 Å². The molecule has 2 unspecified atom stereocenters. The molecule has 1 aliphatic rings. The number of likely N-dealkylation sites (N-methyl/N-ethyl adjacent to an activating group) is 2. The maximum absolute atomic E-state index is 14.1. The Bertz CT molecular complexity index is 2030. The first-order valence-electron chi connectivity index (χ1n) is 19.6. The monoisotopic (exact) mass is 860 g/mol. The third-order valence-corrected chi connectivity index (χ3v) is 9.03. The lowest BCUT2D eigenvalue weighted by molar-refractivity contribution is -0.167. The fourth-order valence-electron chi connectivity index (χ4n) is 5.98. The van der Waals surface area contributed by atoms with Gasteiger partial charge in [-0.15, -0.1) is 0 Å². The number of hydrogen-bond acceptors (Lipinski definition) is 15. The number of amides is 3. The van der Waals surface area contributed by atoms with Gasteiger partial charge in [0.1, 0.15) is 51.7 Å². The number of alkyl carbamates (subject to hydrolysis) is 1. The zero-order valence-corrected chi connectivity index (χ0v) is 35.4. The van der Waals surface area contributed by atoms with Gasteiger partial charge in [-0.05, 0) is 38.9 Å². The first-order valence-corrected chi connectivity index (χ1v) is 19.6. The molecule has 0 saturated carbocycles. The molecule has 1 fully saturated rings. The average molecular weight is 861 g/mol. The summed E-state index contributed by atoms with van der Waals surface area (Å²) >= 11 is 0. The van der Waals surface area contributed by atoms with Crippen LogP contribution in [0, 0.1) is 5.41 Å². The van der Waals surface area contributed by atoms with Crippen molar-refractivity contribution < 1.29 is 66.8 Å². The fraction of sp³-hybridized carbons (Fsp3) is 0.409. The van der Waals surface area contributed by atoms with E-state index in [1.807, 2.05) is 0 Å². The summed E-state index contributed by atoms with van der Waals surface area (Å²) in [5, 5.41) is 2.35. The van der Waals surface area contributed by atoms with Gasteiger partial charge in [-0.2, -0.15) is 0 Å². The molecule has 18 nitrogen and oxygen atoms in total. The summed E-state index contributed by atoms with van der Waals surface area (Å²) in [4.78, 5) is 110. The van der Waals surface area contributed by atoms with Gasteiger partial charge in [0.25, 0.3) is 0 Å². The minimum Gasteiger partial charge on any atom is -0.464 e. The molecule has 3 aromatic rings. The van der Waals surface area contributed by atoms with E-state index < -0.39 is 117 Å². The van der Waals surface area contributed by atoms with Gasteiger partial charge >= 0.3 is 36.2 Å². The van der Waals surface area contributed by atoms with Crippen molar-refractivity contribution in [3.63, 3.8) is 0 Å². The van der Waals surface area contributed by atoms with Gasteiger partial charge in [0, 0.05) is 19.0 Å². The van der Waals surface area contributed by atoms with Crippen LogP contribution in [-0.4, -0.2) is 134 Å². The van der Waals surface area contributed by atoms with Crippen LogP contribution in [0.1, 0.15) is 48.7 Å². The Morgan fingerprint density at radius 2 is 1.31 bits per heavy atom. The van der Waals surface area contributed by atoms with Crippen LogP contribution < -0.4 is 5.32 Å². The second kappa shape index (κ2) is 22.7. The highest BCUT2D eigenvalue weighted by Gasteiger charge is 2.42. The van der Waals surface area contributed by atoms with Gasteiger partial charge in [0.05, 0.1) is 18.5 Å². The summed E-state index contributed by atoms with van der Waals surface area (Å²) in [6.45, 7) is -0.106. The second-order valence-corrected chi connectivity index (χ2v) is 15.6. The molecule has 3 amide bonds. The highest BCUT2D eigenvalue weighted by molar-refractivity contribution is 6.02. The number of ketones is 2. The Kier molecular flexibility index (Phi) is 17.5. The smallest absolute Gasteiger partial charge is 0.412 e. The summed E-state index contributed by atoms with van der Waals surface area (Å²) in [6, 6.07) is 25.4. The number of benzene rings is 3. The van der Waals surface area contributed by atoms with Gasteiger partial charge < -0.3 is 38.6 Å². The van der Waals surface area contributed by atoms with E-state index >= 15 is 0 Å². The minimum atomic E-state index is -1.77. The van der Waals surface area contributed by atoms with Crippen molar-refractivity contribution in [2.75, 3.05) is 60.1 Å². The van der Waals surface area contributed by atoms with Gasteiger partial charge in [-0.1, -0.05) is 91.0 Å². The lowest BCUT2D eigenvalue weighted by Crippen LogP contribution is -2.57. The van der Waals surface area contributed by atoms with E-state index in [0.717, 1.165) is 9.80 Å². The SMILES string of the molecule is CN(CC(=O)OCC1(CC(=O)CNC(=O)OC(C)(C)C)COC(=O)CN(C)C(C(=O)c2ccccc2)N(C(=O)OCc2ccccc2)CC(=O)OC1)C(=O)OCc1ccccc1. The van der Waals surface area contributed by atoms with E-state index in [1.54, 1.807) is 99.6 Å². The van der Waals surface area contributed by atoms with Crippen molar-refractivity contribution in [3.05, 3.63) is 108 Å². The third-order valence-electron chi connectivity index (χ3n) is 9.03. The predicted octanol–water partition coefficient (Wildman–Crippen LogP) is 4.15. The lowest BCUT2D eigenvalue weighted by Gasteiger charge is -2.37. The molecule has 1 aliphatic heterocycles. The van der Waals surface area contributed by atoms with Crippen LogP contribution in [0.5, 0.6) is 0 Å². The van der Waals surface area contributed by atoms with Crippen LogP contribution in [0.25, 0.3) is 0 Å². The van der Waals surface area contributed by atoms with Crippen LogP contribution in [0.15, 0.2) is 91.0 Å². The summed E-state index contributed by atoms with van der Waals surface area (Å²) in [7, 11) is 2.67. The summed E-state index contributed by atoms with van der Waals surface area (Å²) in [5.74, 6) is -4.27. The number of ether oxygens (including phenoxy) is 6. The van der Waals surface area contributed by atoms with E-state index in [1.165, 1.54) is 31.1 Å². The van der Waals surface area contributed by atoms with E-state index in [9.17, 15) is 38.4 Å². The molecule has 0 radical (unpaired) electrons. The molecule has 2 atom stereocenters. The number of esters is 3. The quantitative estimate of drug-likeness (QED) is 0.137. The van der Waals surface area contributed by atoms with Crippen molar-refractivity contribution in [2.45, 2.75) is 52.2 Å². The molecule has 3 aromatic carbocycles. The fourth-order valence-corrected chi connectivity index (χ4v) is 5.98. The summed E-state index contributed by atoms with van der Waals surface area (Å²) in [5.41, 5.74) is -1.16. The average Bonchev–Trinajstić information content (AvgIpc) is 3.24. The molecule has 0 bridgehead atoms. The highest BCUT2D eigenvalue weighted by atomic mass is 16.6. The van der Waals surface area contributed by atoms with Crippen LogP contribution in [0.2, 0.25) is 0 Å². The number of nitrogens with zero attached hydrogens (tertiary/aromatic N) is 3. The normalized spacial score (nSPS) is 17.4. The number of carbonyl (C=O) groups is 8. The third kappa shape index (κ3) is 15.7. The molecular formula is C44H52N4O14. The first kappa shape index (κ1) is 47.9. The maximum Gasteiger partial charge on any atom is 0.412 e. The number of Topliss-reactive ketones (excluding diaryl/α,β-unsaturated/α-hetero) is 2. The standard InChI is InChI=1S/C44H52N4O14/c1-43(2,3)62-40(54)45-22-34(49)21-44(29-60-36(51)24-47(5)41(55)57-26-31-15-9-6-10-16-31)28-59-35(50)23-46(4)39(38(53)33-19-13-8-14-20-33)48(25-37(52)61-30-44)42(56)58-27-32-17-11-7-12-18-32/h6-20,39H,21-30H2,1-5H3,(H,45,54). The molecule has 332 valence electrons. The molecule has 0 aliphatic carbocycles. The van der Waals surface area contributed by atoms with E-state index in [0.29, 0.717) is 11.1 Å². The molecule has 0 spiro atoms. The topological polar surface area (TPSA) is 214 Å². The molecule has 1 N–H and O–H groups in total. The van der Waals surface area contributed by atoms with Gasteiger partial charge in [0.15, 0.2) is 17.7 Å². The van der Waals surface area contributed by atoms with Crippen molar-refractivity contribution in [3.8, 4) is 0 Å². The van der Waals surface area contributed by atoms with Gasteiger partial charge in [-0.25, -0.2) is 14.4 Å². The highest BCUT2D eigenvalue weighted by Crippen LogP contribution is 2.27. The maximum atomic E-state index is 14.1. The number of nitrogens with one attached hydrogen (secondary N) is 1. The Balaban J connectivity index is 1.59.